The minimum absolute atomic E-state index is 0. The van der Waals surface area contributed by atoms with E-state index in [9.17, 15) is 0 Å². The van der Waals surface area contributed by atoms with Crippen LogP contribution >= 0.6 is 0 Å². The molecule has 0 N–H and O–H groups in total. The van der Waals surface area contributed by atoms with Crippen LogP contribution in [0.3, 0.4) is 0 Å². The van der Waals surface area contributed by atoms with Crippen LogP contribution in [0.2, 0.25) is 0 Å². The number of hydrogen-bond donors (Lipinski definition) is 0. The third-order valence-corrected chi connectivity index (χ3v) is 0. The van der Waals surface area contributed by atoms with Gasteiger partial charge in [-0.15, -0.1) is 0 Å². The van der Waals surface area contributed by atoms with Gasteiger partial charge in [0.15, 0.2) is 0 Å². The van der Waals surface area contributed by atoms with Crippen molar-refractivity contribution in [2.45, 2.75) is 0 Å². The van der Waals surface area contributed by atoms with Crippen LogP contribution in [0.15, 0.2) is 0 Å². The van der Waals surface area contributed by atoms with Gasteiger partial charge in [-0.05, 0) is 0 Å². The van der Waals surface area contributed by atoms with Crippen molar-refractivity contribution in [1.29, 1.82) is 0 Å². The van der Waals surface area contributed by atoms with E-state index in [1.54, 1.807) is 0 Å². The van der Waals surface area contributed by atoms with Crippen LogP contribution in [0.1, 0.15) is 0 Å². The Morgan fingerprint density at radius 2 is 0.571 bits per heavy atom. The summed E-state index contributed by atoms with van der Waals surface area (Å²) in [5.74, 6) is 0. The number of rotatable bonds is 0. The van der Waals surface area contributed by atoms with Crippen molar-refractivity contribution in [2.75, 3.05) is 0 Å². The third-order valence-electron chi connectivity index (χ3n) is 0. The standard InChI is InChI=1S/4ClH.Ir.Rh.Ru/h4*1H;;;/q;;;;;;+4/p-4. The fourth-order valence-corrected chi connectivity index (χ4v) is 0. The summed E-state index contributed by atoms with van der Waals surface area (Å²) in [4.78, 5) is 0. The summed E-state index contributed by atoms with van der Waals surface area (Å²) in [6, 6.07) is 0. The van der Waals surface area contributed by atoms with Crippen molar-refractivity contribution in [3.8, 4) is 0 Å². The van der Waals surface area contributed by atoms with Gasteiger partial charge in [0, 0.05) is 39.6 Å². The molecule has 7 heavy (non-hydrogen) atoms. The third kappa shape index (κ3) is 48.3. The summed E-state index contributed by atoms with van der Waals surface area (Å²) in [7, 11) is 0. The van der Waals surface area contributed by atoms with Crippen molar-refractivity contribution < 1.29 is 109 Å². The molecule has 0 aliphatic rings. The largest absolute Gasteiger partial charge is 4.00 e. The maximum atomic E-state index is 0. The van der Waals surface area contributed by atoms with E-state index in [0.717, 1.165) is 0 Å². The van der Waals surface area contributed by atoms with Gasteiger partial charge in [-0.3, -0.25) is 0 Å². The zero-order valence-corrected chi connectivity index (χ0v) is 11.3. The minimum atomic E-state index is 0. The van der Waals surface area contributed by atoms with Gasteiger partial charge in [-0.25, -0.2) is 0 Å². The zero-order chi connectivity index (χ0) is 0. The number of halogens is 4. The Kier molecular flexibility index (Phi) is 794. The zero-order valence-electron chi connectivity index (χ0n) is 2.53. The second-order valence-corrected chi connectivity index (χ2v) is 0. The van der Waals surface area contributed by atoms with Crippen LogP contribution in [0.5, 0.6) is 0 Å². The molecule has 0 aromatic heterocycles. The van der Waals surface area contributed by atoms with Gasteiger partial charge in [-0.1, -0.05) is 0 Å². The fourth-order valence-electron chi connectivity index (χ4n) is 0. The number of hydrogen-bond acceptors (Lipinski definition) is 0. The summed E-state index contributed by atoms with van der Waals surface area (Å²) in [6.07, 6.45) is 0. The Morgan fingerprint density at radius 1 is 0.571 bits per heavy atom. The molecule has 2 radical (unpaired) electrons. The van der Waals surface area contributed by atoms with E-state index in [4.69, 9.17) is 0 Å². The van der Waals surface area contributed by atoms with Gasteiger partial charge in [0.1, 0.15) is 0 Å². The predicted octanol–water partition coefficient (Wildman–Crippen LogP) is -12.0. The smallest absolute Gasteiger partial charge is 1.00 e. The van der Waals surface area contributed by atoms with Crippen molar-refractivity contribution in [3.63, 3.8) is 0 Å². The molecule has 0 nitrogen and oxygen atoms in total. The molecule has 0 atom stereocenters. The molecule has 0 heterocycles. The van der Waals surface area contributed by atoms with Crippen LogP contribution < -0.4 is 49.6 Å². The minimum Gasteiger partial charge on any atom is -1.00 e. The Hall–Kier alpha value is 3.06. The van der Waals surface area contributed by atoms with E-state index in [1.165, 1.54) is 0 Å². The second-order valence-electron chi connectivity index (χ2n) is 0. The van der Waals surface area contributed by atoms with E-state index in [-0.39, 0.29) is 109 Å². The summed E-state index contributed by atoms with van der Waals surface area (Å²) >= 11 is 0. The van der Waals surface area contributed by atoms with Gasteiger partial charge < -0.3 is 49.6 Å². The SMILES string of the molecule is [Cl-].[Cl-].[Cl-].[Cl-].[Ir].[Rh].[Ru+4]. The normalized spacial score (nSPS) is 0. The van der Waals surface area contributed by atoms with E-state index < -0.39 is 0 Å². The van der Waals surface area contributed by atoms with Crippen molar-refractivity contribution in [2.24, 2.45) is 0 Å². The first kappa shape index (κ1) is 88.3. The maximum absolute atomic E-state index is 0. The molecular weight excluding hydrogens is 538 g/mol. The van der Waals surface area contributed by atoms with E-state index in [2.05, 4.69) is 0 Å². The molecule has 0 rings (SSSR count). The summed E-state index contributed by atoms with van der Waals surface area (Å²) in [5.41, 5.74) is 0. The average Bonchev–Trinajstić information content (AvgIpc) is 0. The van der Waals surface area contributed by atoms with Crippen LogP contribution in [-0.2, 0) is 59.1 Å². The molecule has 0 aliphatic carbocycles. The molecule has 54 valence electrons. The molecular formula is Cl4IrRhRu. The molecule has 0 unspecified atom stereocenters. The van der Waals surface area contributed by atoms with Gasteiger partial charge >= 0.3 is 19.5 Å². The van der Waals surface area contributed by atoms with Gasteiger partial charge in [-0.2, -0.15) is 0 Å². The monoisotopic (exact) mass is 538 g/mol. The fraction of sp³-hybridized carbons (Fsp3) is 0. The molecule has 0 aliphatic heterocycles. The van der Waals surface area contributed by atoms with Gasteiger partial charge in [0.05, 0.1) is 0 Å². The van der Waals surface area contributed by atoms with Crippen molar-refractivity contribution in [1.82, 2.24) is 0 Å². The summed E-state index contributed by atoms with van der Waals surface area (Å²) in [5, 5.41) is 0. The van der Waals surface area contributed by atoms with Gasteiger partial charge in [0.25, 0.3) is 0 Å². The molecule has 0 spiro atoms. The summed E-state index contributed by atoms with van der Waals surface area (Å²) < 4.78 is 0. The van der Waals surface area contributed by atoms with Crippen LogP contribution in [0.25, 0.3) is 0 Å². The van der Waals surface area contributed by atoms with Crippen LogP contribution in [0.4, 0.5) is 0 Å². The first-order valence-electron chi connectivity index (χ1n) is 0. The maximum Gasteiger partial charge on any atom is 4.00 e. The molecule has 0 aromatic rings. The van der Waals surface area contributed by atoms with Crippen molar-refractivity contribution in [3.05, 3.63) is 0 Å². The van der Waals surface area contributed by atoms with Crippen LogP contribution in [-0.4, -0.2) is 0 Å². The first-order chi connectivity index (χ1) is 0. The predicted molar refractivity (Wildman–Crippen MR) is 0 cm³/mol. The van der Waals surface area contributed by atoms with E-state index >= 15 is 0 Å². The molecule has 0 saturated heterocycles. The molecule has 0 aromatic carbocycles. The average molecular weight is 538 g/mol. The van der Waals surface area contributed by atoms with E-state index in [0.29, 0.717) is 0 Å². The molecule has 0 amide bonds. The van der Waals surface area contributed by atoms with Gasteiger partial charge in [0.2, 0.25) is 0 Å². The second kappa shape index (κ2) is 62.9. The van der Waals surface area contributed by atoms with E-state index in [1.807, 2.05) is 0 Å². The molecule has 0 fully saturated rings. The topological polar surface area (TPSA) is 0 Å². The van der Waals surface area contributed by atoms with Crippen LogP contribution in [0, 0.1) is 0 Å². The quantitative estimate of drug-likeness (QED) is 0.269. The molecule has 0 saturated carbocycles. The first-order valence-corrected chi connectivity index (χ1v) is 0. The Morgan fingerprint density at radius 3 is 0.571 bits per heavy atom. The Labute approximate surface area is 107 Å². The van der Waals surface area contributed by atoms with Crippen molar-refractivity contribution >= 4 is 0 Å². The Balaban J connectivity index is 0. The summed E-state index contributed by atoms with van der Waals surface area (Å²) in [6.45, 7) is 0. The molecule has 0 bridgehead atoms. The Bertz CT molecular complexity index is 11.7. The molecule has 7 heteroatoms.